The number of aliphatic hydroxyl groups is 1. The van der Waals surface area contributed by atoms with Gasteiger partial charge >= 0.3 is 0 Å². The highest BCUT2D eigenvalue weighted by molar-refractivity contribution is 5.88. The zero-order valence-electron chi connectivity index (χ0n) is 14.0. The van der Waals surface area contributed by atoms with Gasteiger partial charge < -0.3 is 15.3 Å². The van der Waals surface area contributed by atoms with Gasteiger partial charge in [0.15, 0.2) is 5.60 Å². The second-order valence-corrected chi connectivity index (χ2v) is 7.40. The first-order chi connectivity index (χ1) is 11.9. The molecular weight excluding hydrogens is 326 g/mol. The van der Waals surface area contributed by atoms with Crippen molar-refractivity contribution in [3.63, 3.8) is 0 Å². The van der Waals surface area contributed by atoms with E-state index < -0.39 is 29.8 Å². The quantitative estimate of drug-likeness (QED) is 0.822. The summed E-state index contributed by atoms with van der Waals surface area (Å²) in [6, 6.07) is 8.56. The molecule has 1 aromatic rings. The lowest BCUT2D eigenvalue weighted by Crippen LogP contribution is -2.51. The molecule has 1 aromatic carbocycles. The Hall–Kier alpha value is -1.79. The summed E-state index contributed by atoms with van der Waals surface area (Å²) in [7, 11) is 0. The molecule has 3 aliphatic rings. The minimum Gasteiger partial charge on any atom is -0.375 e. The largest absolute Gasteiger partial charge is 0.375 e. The lowest BCUT2D eigenvalue weighted by Gasteiger charge is -2.36. The van der Waals surface area contributed by atoms with E-state index in [0.29, 0.717) is 18.7 Å². The van der Waals surface area contributed by atoms with Crippen LogP contribution in [0.2, 0.25) is 0 Å². The van der Waals surface area contributed by atoms with Crippen molar-refractivity contribution < 1.29 is 18.7 Å². The van der Waals surface area contributed by atoms with Gasteiger partial charge in [0.1, 0.15) is 0 Å². The molecule has 4 rings (SSSR count). The number of carbonyl (C=O) groups is 1. The van der Waals surface area contributed by atoms with Gasteiger partial charge in [-0.3, -0.25) is 4.79 Å². The standard InChI is InChI=1S/C19H22F2N2O2/c20-18(21)7-6-16(8-18)19(25,15-4-2-1-3-5-15)17(24)23-11-13-9-22-10-14(13)12-23/h1-5,16,22,25H,6-12H2. The Bertz CT molecular complexity index is 703. The molecule has 1 aliphatic carbocycles. The monoisotopic (exact) mass is 348 g/mol. The van der Waals surface area contributed by atoms with Gasteiger partial charge in [-0.15, -0.1) is 0 Å². The molecule has 0 aromatic heterocycles. The van der Waals surface area contributed by atoms with Gasteiger partial charge in [-0.1, -0.05) is 30.3 Å². The number of nitrogens with zero attached hydrogens (tertiary/aromatic N) is 1. The summed E-state index contributed by atoms with van der Waals surface area (Å²) in [5.74, 6) is -4.04. The van der Waals surface area contributed by atoms with Crippen LogP contribution in [0.4, 0.5) is 8.78 Å². The summed E-state index contributed by atoms with van der Waals surface area (Å²) in [6.45, 7) is 2.45. The van der Waals surface area contributed by atoms with Crippen LogP contribution >= 0.6 is 0 Å². The molecule has 2 heterocycles. The van der Waals surface area contributed by atoms with Crippen LogP contribution in [0.25, 0.3) is 0 Å². The fraction of sp³-hybridized carbons (Fsp3) is 0.526. The molecule has 1 fully saturated rings. The molecule has 0 saturated heterocycles. The maximum Gasteiger partial charge on any atom is 0.260 e. The van der Waals surface area contributed by atoms with E-state index in [0.717, 1.165) is 13.1 Å². The normalized spacial score (nSPS) is 27.5. The van der Waals surface area contributed by atoms with E-state index in [1.165, 1.54) is 11.1 Å². The summed E-state index contributed by atoms with van der Waals surface area (Å²) in [4.78, 5) is 14.9. The van der Waals surface area contributed by atoms with Gasteiger partial charge in [0.05, 0.1) is 0 Å². The molecule has 1 amide bonds. The number of rotatable bonds is 3. The van der Waals surface area contributed by atoms with Crippen LogP contribution in [0.3, 0.4) is 0 Å². The zero-order valence-corrected chi connectivity index (χ0v) is 14.0. The Labute approximate surface area is 145 Å². The molecule has 25 heavy (non-hydrogen) atoms. The SMILES string of the molecule is O=C(N1CC2=C(CNC2)C1)C(O)(c1ccccc1)C1CCC(F)(F)C1. The third kappa shape index (κ3) is 2.77. The van der Waals surface area contributed by atoms with Gasteiger partial charge in [-0.05, 0) is 23.1 Å². The molecular formula is C19H22F2N2O2. The summed E-state index contributed by atoms with van der Waals surface area (Å²) in [5, 5.41) is 14.7. The lowest BCUT2D eigenvalue weighted by atomic mass is 9.79. The van der Waals surface area contributed by atoms with Crippen molar-refractivity contribution in [1.29, 1.82) is 0 Å². The van der Waals surface area contributed by atoms with Crippen molar-refractivity contribution in [1.82, 2.24) is 10.2 Å². The van der Waals surface area contributed by atoms with Crippen LogP contribution in [0.1, 0.15) is 24.8 Å². The first-order valence-corrected chi connectivity index (χ1v) is 8.76. The topological polar surface area (TPSA) is 52.6 Å². The fourth-order valence-corrected chi connectivity index (χ4v) is 4.38. The van der Waals surface area contributed by atoms with E-state index in [2.05, 4.69) is 5.32 Å². The molecule has 0 spiro atoms. The predicted octanol–water partition coefficient (Wildman–Crippen LogP) is 2.05. The molecule has 2 unspecified atom stereocenters. The van der Waals surface area contributed by atoms with Gasteiger partial charge in [0, 0.05) is 44.9 Å². The first-order valence-electron chi connectivity index (χ1n) is 8.76. The molecule has 4 nitrogen and oxygen atoms in total. The highest BCUT2D eigenvalue weighted by Crippen LogP contribution is 2.48. The van der Waals surface area contributed by atoms with Crippen LogP contribution in [0.5, 0.6) is 0 Å². The Morgan fingerprint density at radius 2 is 1.84 bits per heavy atom. The summed E-state index contributed by atoms with van der Waals surface area (Å²) in [6.07, 6.45) is -0.585. The molecule has 6 heteroatoms. The molecule has 0 bridgehead atoms. The maximum absolute atomic E-state index is 13.8. The lowest BCUT2D eigenvalue weighted by molar-refractivity contribution is -0.159. The number of benzene rings is 1. The molecule has 1 saturated carbocycles. The minimum atomic E-state index is -2.82. The Morgan fingerprint density at radius 3 is 2.40 bits per heavy atom. The summed E-state index contributed by atoms with van der Waals surface area (Å²) < 4.78 is 27.6. The maximum atomic E-state index is 13.8. The average Bonchev–Trinajstić information content (AvgIpc) is 3.28. The number of nitrogens with one attached hydrogen (secondary N) is 1. The Morgan fingerprint density at radius 1 is 1.20 bits per heavy atom. The van der Waals surface area contributed by atoms with E-state index in [-0.39, 0.29) is 12.8 Å². The van der Waals surface area contributed by atoms with E-state index in [9.17, 15) is 18.7 Å². The number of hydrogen-bond donors (Lipinski definition) is 2. The Kier molecular flexibility index (Phi) is 3.92. The van der Waals surface area contributed by atoms with Crippen LogP contribution in [0, 0.1) is 5.92 Å². The fourth-order valence-electron chi connectivity index (χ4n) is 4.38. The van der Waals surface area contributed by atoms with Gasteiger partial charge in [-0.25, -0.2) is 8.78 Å². The van der Waals surface area contributed by atoms with E-state index in [1.807, 2.05) is 0 Å². The van der Waals surface area contributed by atoms with Crippen molar-refractivity contribution in [2.75, 3.05) is 26.2 Å². The van der Waals surface area contributed by atoms with Gasteiger partial charge in [0.2, 0.25) is 5.92 Å². The van der Waals surface area contributed by atoms with Crippen LogP contribution in [-0.4, -0.2) is 48.0 Å². The molecule has 0 radical (unpaired) electrons. The summed E-state index contributed by atoms with van der Waals surface area (Å²) >= 11 is 0. The van der Waals surface area contributed by atoms with Crippen molar-refractivity contribution in [3.05, 3.63) is 47.0 Å². The highest BCUT2D eigenvalue weighted by atomic mass is 19.3. The zero-order chi connectivity index (χ0) is 17.7. The van der Waals surface area contributed by atoms with Crippen LogP contribution < -0.4 is 5.32 Å². The predicted molar refractivity (Wildman–Crippen MR) is 89.1 cm³/mol. The summed E-state index contributed by atoms with van der Waals surface area (Å²) in [5.41, 5.74) is 0.878. The smallest absolute Gasteiger partial charge is 0.260 e. The van der Waals surface area contributed by atoms with E-state index in [1.54, 1.807) is 35.2 Å². The van der Waals surface area contributed by atoms with Crippen molar-refractivity contribution in [2.24, 2.45) is 5.92 Å². The number of alkyl halides is 2. The van der Waals surface area contributed by atoms with Gasteiger partial charge in [-0.2, -0.15) is 0 Å². The minimum absolute atomic E-state index is 0.146. The third-order valence-electron chi connectivity index (χ3n) is 5.76. The molecule has 2 aliphatic heterocycles. The second kappa shape index (κ2) is 5.88. The Balaban J connectivity index is 1.65. The second-order valence-electron chi connectivity index (χ2n) is 7.40. The number of halogens is 2. The van der Waals surface area contributed by atoms with Crippen molar-refractivity contribution in [3.8, 4) is 0 Å². The highest BCUT2D eigenvalue weighted by Gasteiger charge is 2.55. The van der Waals surface area contributed by atoms with Crippen LogP contribution in [-0.2, 0) is 10.4 Å². The number of amides is 1. The number of hydrogen-bond acceptors (Lipinski definition) is 3. The van der Waals surface area contributed by atoms with Crippen LogP contribution in [0.15, 0.2) is 41.5 Å². The number of carbonyl (C=O) groups excluding carboxylic acids is 1. The van der Waals surface area contributed by atoms with Gasteiger partial charge in [0.25, 0.3) is 5.91 Å². The molecule has 2 atom stereocenters. The van der Waals surface area contributed by atoms with E-state index >= 15 is 0 Å². The first kappa shape index (κ1) is 16.7. The average molecular weight is 348 g/mol. The van der Waals surface area contributed by atoms with E-state index in [4.69, 9.17) is 0 Å². The molecule has 134 valence electrons. The van der Waals surface area contributed by atoms with Crippen molar-refractivity contribution >= 4 is 5.91 Å². The molecule has 2 N–H and O–H groups in total. The van der Waals surface area contributed by atoms with Crippen molar-refractivity contribution in [2.45, 2.75) is 30.8 Å². The third-order valence-corrected chi connectivity index (χ3v) is 5.76.